The van der Waals surface area contributed by atoms with Crippen molar-refractivity contribution < 1.29 is 9.84 Å². The van der Waals surface area contributed by atoms with E-state index in [2.05, 4.69) is 18.2 Å². The molecule has 2 nitrogen and oxygen atoms in total. The quantitative estimate of drug-likeness (QED) is 0.752. The van der Waals surface area contributed by atoms with Gasteiger partial charge in [0.2, 0.25) is 0 Å². The Morgan fingerprint density at radius 2 is 1.89 bits per heavy atom. The topological polar surface area (TPSA) is 29.5 Å². The van der Waals surface area contributed by atoms with Crippen molar-refractivity contribution in [2.24, 2.45) is 0 Å². The summed E-state index contributed by atoms with van der Waals surface area (Å²) in [5.41, 5.74) is 4.17. The van der Waals surface area contributed by atoms with Crippen molar-refractivity contribution in [3.63, 3.8) is 0 Å². The zero-order valence-electron chi connectivity index (χ0n) is 11.0. The summed E-state index contributed by atoms with van der Waals surface area (Å²) in [5.74, 6) is 1.74. The first-order valence-corrected chi connectivity index (χ1v) is 6.44. The van der Waals surface area contributed by atoms with Crippen LogP contribution in [0.3, 0.4) is 0 Å². The minimum Gasteiger partial charge on any atom is -0.507 e. The van der Waals surface area contributed by atoms with Gasteiger partial charge in [0.05, 0.1) is 0 Å². The van der Waals surface area contributed by atoms with E-state index in [-0.39, 0.29) is 6.10 Å². The fraction of sp³-hybridized carbons (Fsp3) is 0.375. The van der Waals surface area contributed by atoms with Gasteiger partial charge in [0.1, 0.15) is 17.6 Å². The molecular formula is C16H18O2. The summed E-state index contributed by atoms with van der Waals surface area (Å²) < 4.78 is 6.10. The number of hydrogen-bond donors (Lipinski definition) is 1. The standard InChI is InChI=1S/C16H18O2/c1-9-10(2)16-14(11(3)15(9)17)12-7-5-4-6-8-13(12)18-16/h4-6,8,12-13,17H,7H2,1-3H3. The predicted molar refractivity (Wildman–Crippen MR) is 72.4 cm³/mol. The van der Waals surface area contributed by atoms with Crippen molar-refractivity contribution in [3.8, 4) is 11.5 Å². The molecule has 1 N–H and O–H groups in total. The maximum Gasteiger partial charge on any atom is 0.127 e. The molecule has 0 aromatic heterocycles. The van der Waals surface area contributed by atoms with Crippen molar-refractivity contribution >= 4 is 0 Å². The lowest BCUT2D eigenvalue weighted by molar-refractivity contribution is 0.255. The van der Waals surface area contributed by atoms with Crippen LogP contribution in [0, 0.1) is 20.8 Å². The van der Waals surface area contributed by atoms with Crippen molar-refractivity contribution in [1.29, 1.82) is 0 Å². The molecule has 2 unspecified atom stereocenters. The Bertz CT molecular complexity index is 567. The lowest BCUT2D eigenvalue weighted by atomic mass is 9.87. The highest BCUT2D eigenvalue weighted by molar-refractivity contribution is 5.61. The summed E-state index contributed by atoms with van der Waals surface area (Å²) in [4.78, 5) is 0. The van der Waals surface area contributed by atoms with E-state index in [4.69, 9.17) is 4.74 Å². The van der Waals surface area contributed by atoms with E-state index in [0.717, 1.165) is 28.9 Å². The van der Waals surface area contributed by atoms with Crippen LogP contribution in [0.25, 0.3) is 0 Å². The smallest absolute Gasteiger partial charge is 0.127 e. The molecule has 1 aromatic rings. The van der Waals surface area contributed by atoms with Crippen LogP contribution in [0.5, 0.6) is 11.5 Å². The number of rotatable bonds is 0. The predicted octanol–water partition coefficient (Wildman–Crippen LogP) is 3.68. The number of ether oxygens (including phenoxy) is 1. The molecule has 2 atom stereocenters. The maximum atomic E-state index is 10.2. The Hall–Kier alpha value is -1.70. The number of fused-ring (bicyclic) bond motifs is 3. The molecule has 1 aromatic carbocycles. The Morgan fingerprint density at radius 3 is 2.67 bits per heavy atom. The summed E-state index contributed by atoms with van der Waals surface area (Å²) in [7, 11) is 0. The zero-order valence-corrected chi connectivity index (χ0v) is 11.0. The molecule has 1 aliphatic carbocycles. The Kier molecular flexibility index (Phi) is 2.47. The Morgan fingerprint density at radius 1 is 1.11 bits per heavy atom. The van der Waals surface area contributed by atoms with Crippen molar-refractivity contribution in [3.05, 3.63) is 46.6 Å². The molecular weight excluding hydrogens is 224 g/mol. The summed E-state index contributed by atoms with van der Waals surface area (Å²) in [6.07, 6.45) is 9.47. The summed E-state index contributed by atoms with van der Waals surface area (Å²) in [6.45, 7) is 5.97. The fourth-order valence-electron chi connectivity index (χ4n) is 3.01. The van der Waals surface area contributed by atoms with Crippen molar-refractivity contribution in [2.45, 2.75) is 39.2 Å². The van der Waals surface area contributed by atoms with E-state index in [1.807, 2.05) is 26.8 Å². The fourth-order valence-corrected chi connectivity index (χ4v) is 3.01. The second-order valence-corrected chi connectivity index (χ2v) is 5.20. The van der Waals surface area contributed by atoms with E-state index in [1.165, 1.54) is 5.56 Å². The van der Waals surface area contributed by atoms with Gasteiger partial charge < -0.3 is 9.84 Å². The molecule has 0 amide bonds. The second kappa shape index (κ2) is 3.91. The van der Waals surface area contributed by atoms with Gasteiger partial charge in [-0.25, -0.2) is 0 Å². The van der Waals surface area contributed by atoms with Crippen LogP contribution in [0.4, 0.5) is 0 Å². The van der Waals surface area contributed by atoms with E-state index in [9.17, 15) is 5.11 Å². The lowest BCUT2D eigenvalue weighted by Crippen LogP contribution is -2.14. The molecule has 0 fully saturated rings. The van der Waals surface area contributed by atoms with E-state index in [0.29, 0.717) is 11.7 Å². The molecule has 0 radical (unpaired) electrons. The van der Waals surface area contributed by atoms with Gasteiger partial charge >= 0.3 is 0 Å². The number of hydrogen-bond acceptors (Lipinski definition) is 2. The number of phenols is 1. The van der Waals surface area contributed by atoms with Gasteiger partial charge in [-0.2, -0.15) is 0 Å². The molecule has 2 heteroatoms. The van der Waals surface area contributed by atoms with Gasteiger partial charge in [0, 0.05) is 11.5 Å². The third-order valence-corrected chi connectivity index (χ3v) is 4.22. The van der Waals surface area contributed by atoms with Gasteiger partial charge in [-0.3, -0.25) is 0 Å². The van der Waals surface area contributed by atoms with Gasteiger partial charge in [0.25, 0.3) is 0 Å². The van der Waals surface area contributed by atoms with Gasteiger partial charge in [0.15, 0.2) is 0 Å². The molecule has 0 saturated heterocycles. The first kappa shape index (κ1) is 11.4. The molecule has 94 valence electrons. The molecule has 18 heavy (non-hydrogen) atoms. The Balaban J connectivity index is 2.22. The van der Waals surface area contributed by atoms with Crippen LogP contribution < -0.4 is 4.74 Å². The van der Waals surface area contributed by atoms with Crippen molar-refractivity contribution in [2.75, 3.05) is 0 Å². The van der Waals surface area contributed by atoms with Crippen LogP contribution in [-0.2, 0) is 0 Å². The molecule has 3 rings (SSSR count). The SMILES string of the molecule is Cc1c(C)c2c(c(C)c1O)C1CC=CC=CC1O2. The molecule has 0 bridgehead atoms. The number of phenolic OH excluding ortho intramolecular Hbond substituents is 1. The number of allylic oxidation sites excluding steroid dienone is 3. The van der Waals surface area contributed by atoms with E-state index in [1.54, 1.807) is 0 Å². The van der Waals surface area contributed by atoms with Gasteiger partial charge in [-0.1, -0.05) is 18.2 Å². The third kappa shape index (κ3) is 1.41. The van der Waals surface area contributed by atoms with Crippen LogP contribution in [0.2, 0.25) is 0 Å². The largest absolute Gasteiger partial charge is 0.507 e. The Labute approximate surface area is 108 Å². The van der Waals surface area contributed by atoms with Gasteiger partial charge in [-0.05, 0) is 50.0 Å². The summed E-state index contributed by atoms with van der Waals surface area (Å²) in [5, 5.41) is 10.2. The summed E-state index contributed by atoms with van der Waals surface area (Å²) >= 11 is 0. The molecule has 0 saturated carbocycles. The normalized spacial score (nSPS) is 24.4. The molecule has 1 heterocycles. The van der Waals surface area contributed by atoms with E-state index >= 15 is 0 Å². The second-order valence-electron chi connectivity index (χ2n) is 5.20. The number of aromatic hydroxyl groups is 1. The molecule has 2 aliphatic rings. The molecule has 1 aliphatic heterocycles. The van der Waals surface area contributed by atoms with Crippen LogP contribution in [0.15, 0.2) is 24.3 Å². The third-order valence-electron chi connectivity index (χ3n) is 4.22. The highest BCUT2D eigenvalue weighted by Gasteiger charge is 2.36. The highest BCUT2D eigenvalue weighted by atomic mass is 16.5. The van der Waals surface area contributed by atoms with Crippen LogP contribution in [0.1, 0.15) is 34.6 Å². The minimum atomic E-state index is 0.105. The van der Waals surface area contributed by atoms with Crippen molar-refractivity contribution in [1.82, 2.24) is 0 Å². The van der Waals surface area contributed by atoms with Gasteiger partial charge in [-0.15, -0.1) is 0 Å². The lowest BCUT2D eigenvalue weighted by Gasteiger charge is -2.15. The number of benzene rings is 1. The molecule has 0 spiro atoms. The summed E-state index contributed by atoms with van der Waals surface area (Å²) in [6, 6.07) is 0. The zero-order chi connectivity index (χ0) is 12.9. The first-order valence-electron chi connectivity index (χ1n) is 6.44. The van der Waals surface area contributed by atoms with Crippen LogP contribution in [-0.4, -0.2) is 11.2 Å². The monoisotopic (exact) mass is 242 g/mol. The average molecular weight is 242 g/mol. The first-order chi connectivity index (χ1) is 8.61. The van der Waals surface area contributed by atoms with E-state index < -0.39 is 0 Å². The average Bonchev–Trinajstić information content (AvgIpc) is 2.57. The maximum absolute atomic E-state index is 10.2. The highest BCUT2D eigenvalue weighted by Crippen LogP contribution is 2.49. The minimum absolute atomic E-state index is 0.105. The van der Waals surface area contributed by atoms with Crippen LogP contribution >= 0.6 is 0 Å².